The molecule has 1 aromatic heterocycles. The Bertz CT molecular complexity index is 1340. The van der Waals surface area contributed by atoms with Crippen LogP contribution in [0, 0.1) is 6.92 Å². The number of nitrogens with one attached hydrogen (secondary N) is 1. The maximum absolute atomic E-state index is 13.3. The van der Waals surface area contributed by atoms with E-state index >= 15 is 0 Å². The van der Waals surface area contributed by atoms with Crippen LogP contribution in [0.4, 0.5) is 0 Å². The van der Waals surface area contributed by atoms with E-state index < -0.39 is 26.7 Å². The molecule has 0 atom stereocenters. The Labute approximate surface area is 193 Å². The molecule has 0 unspecified atom stereocenters. The predicted molar refractivity (Wildman–Crippen MR) is 126 cm³/mol. The summed E-state index contributed by atoms with van der Waals surface area (Å²) in [7, 11) is -2.08. The third kappa shape index (κ3) is 4.94. The second kappa shape index (κ2) is 8.99. The molecule has 1 heterocycles. The molecule has 9 heteroatoms. The number of sulfone groups is 1. The van der Waals surface area contributed by atoms with Crippen molar-refractivity contribution >= 4 is 15.6 Å². The van der Waals surface area contributed by atoms with Crippen molar-refractivity contribution in [2.24, 2.45) is 0 Å². The van der Waals surface area contributed by atoms with Gasteiger partial charge in [0.05, 0.1) is 10.4 Å². The Balaban J connectivity index is 2.16. The first-order valence-corrected chi connectivity index (χ1v) is 12.2. The summed E-state index contributed by atoms with van der Waals surface area (Å²) >= 11 is 0. The van der Waals surface area contributed by atoms with Crippen LogP contribution in [0.3, 0.4) is 0 Å². The van der Waals surface area contributed by atoms with E-state index in [1.165, 1.54) is 30.1 Å². The van der Waals surface area contributed by atoms with Gasteiger partial charge in [-0.05, 0) is 63.1 Å². The van der Waals surface area contributed by atoms with Gasteiger partial charge >= 0.3 is 0 Å². The highest BCUT2D eigenvalue weighted by atomic mass is 32.2. The van der Waals surface area contributed by atoms with E-state index in [9.17, 15) is 18.0 Å². The van der Waals surface area contributed by atoms with E-state index in [0.29, 0.717) is 22.4 Å². The summed E-state index contributed by atoms with van der Waals surface area (Å²) in [4.78, 5) is 26.3. The Hall–Kier alpha value is -3.17. The third-order valence-corrected chi connectivity index (χ3v) is 6.38. The fourth-order valence-electron chi connectivity index (χ4n) is 3.62. The number of aromatic nitrogens is 2. The van der Waals surface area contributed by atoms with Crippen molar-refractivity contribution in [1.82, 2.24) is 9.78 Å². The van der Waals surface area contributed by atoms with Gasteiger partial charge in [0.2, 0.25) is 0 Å². The molecule has 8 nitrogen and oxygen atoms in total. The van der Waals surface area contributed by atoms with Crippen molar-refractivity contribution in [2.45, 2.75) is 38.1 Å². The highest BCUT2D eigenvalue weighted by molar-refractivity contribution is 7.90. The highest BCUT2D eigenvalue weighted by Crippen LogP contribution is 2.34. The summed E-state index contributed by atoms with van der Waals surface area (Å²) in [5.41, 5.74) is 0.782. The zero-order chi connectivity index (χ0) is 24.6. The van der Waals surface area contributed by atoms with Crippen LogP contribution in [-0.4, -0.2) is 44.1 Å². The lowest BCUT2D eigenvalue weighted by Crippen LogP contribution is -2.34. The molecule has 0 spiro atoms. The Morgan fingerprint density at radius 3 is 2.21 bits per heavy atom. The SMILES string of the molecule is COCOc1ccc(-c2c(S(C)(=O)=O)ccc(C(=O)c3c[nH]n(C(C)(C)C)c3=O)c2C)cc1. The van der Waals surface area contributed by atoms with Crippen LogP contribution >= 0.6 is 0 Å². The number of nitrogens with zero attached hydrogens (tertiary/aromatic N) is 1. The number of rotatable bonds is 7. The molecule has 0 fully saturated rings. The van der Waals surface area contributed by atoms with Crippen molar-refractivity contribution in [3.63, 3.8) is 0 Å². The Morgan fingerprint density at radius 2 is 1.70 bits per heavy atom. The van der Waals surface area contributed by atoms with Crippen molar-refractivity contribution in [3.05, 3.63) is 69.6 Å². The maximum atomic E-state index is 13.3. The largest absolute Gasteiger partial charge is 0.468 e. The molecule has 0 radical (unpaired) electrons. The summed E-state index contributed by atoms with van der Waals surface area (Å²) in [6.45, 7) is 7.32. The number of ether oxygens (including phenoxy) is 2. The minimum absolute atomic E-state index is 0.00519. The molecule has 0 saturated carbocycles. The van der Waals surface area contributed by atoms with Gasteiger partial charge in [0.15, 0.2) is 22.4 Å². The van der Waals surface area contributed by atoms with E-state index in [-0.39, 0.29) is 22.8 Å². The topological polar surface area (TPSA) is 107 Å². The van der Waals surface area contributed by atoms with Crippen molar-refractivity contribution in [3.8, 4) is 16.9 Å². The summed E-state index contributed by atoms with van der Waals surface area (Å²) in [5, 5.41) is 2.85. The molecule has 3 rings (SSSR count). The smallest absolute Gasteiger partial charge is 0.278 e. The molecule has 3 aromatic rings. The van der Waals surface area contributed by atoms with Crippen LogP contribution in [0.2, 0.25) is 0 Å². The number of methoxy groups -OCH3 is 1. The Morgan fingerprint density at radius 1 is 1.06 bits per heavy atom. The second-order valence-electron chi connectivity index (χ2n) is 8.79. The van der Waals surface area contributed by atoms with Crippen molar-refractivity contribution in [1.29, 1.82) is 0 Å². The molecular weight excluding hydrogens is 444 g/mol. The average molecular weight is 473 g/mol. The highest BCUT2D eigenvalue weighted by Gasteiger charge is 2.26. The first-order valence-electron chi connectivity index (χ1n) is 10.3. The maximum Gasteiger partial charge on any atom is 0.278 e. The van der Waals surface area contributed by atoms with Gasteiger partial charge in [-0.15, -0.1) is 0 Å². The van der Waals surface area contributed by atoms with E-state index in [0.717, 1.165) is 6.26 Å². The van der Waals surface area contributed by atoms with Gasteiger partial charge in [0.25, 0.3) is 5.56 Å². The second-order valence-corrected chi connectivity index (χ2v) is 10.8. The van der Waals surface area contributed by atoms with Gasteiger partial charge in [-0.2, -0.15) is 0 Å². The summed E-state index contributed by atoms with van der Waals surface area (Å²) in [5.74, 6) is 0.0829. The lowest BCUT2D eigenvalue weighted by molar-refractivity contribution is 0.0511. The van der Waals surface area contributed by atoms with Crippen LogP contribution in [0.15, 0.2) is 52.3 Å². The number of carbonyl (C=O) groups is 1. The minimum Gasteiger partial charge on any atom is -0.468 e. The van der Waals surface area contributed by atoms with Gasteiger partial charge in [-0.25, -0.2) is 13.1 Å². The van der Waals surface area contributed by atoms with Gasteiger partial charge in [0.1, 0.15) is 11.3 Å². The Kier molecular flexibility index (Phi) is 6.67. The molecule has 0 saturated heterocycles. The normalized spacial score (nSPS) is 12.1. The molecule has 0 aliphatic heterocycles. The third-order valence-electron chi connectivity index (χ3n) is 5.24. The summed E-state index contributed by atoms with van der Waals surface area (Å²) < 4.78 is 36.7. The van der Waals surface area contributed by atoms with Gasteiger partial charge in [-0.1, -0.05) is 12.1 Å². The monoisotopic (exact) mass is 472 g/mol. The molecule has 0 aliphatic rings. The quantitative estimate of drug-likeness (QED) is 0.416. The van der Waals surface area contributed by atoms with E-state index in [1.807, 2.05) is 20.8 Å². The van der Waals surface area contributed by atoms with Crippen molar-refractivity contribution in [2.75, 3.05) is 20.2 Å². The predicted octanol–water partition coefficient (Wildman–Crippen LogP) is 3.52. The van der Waals surface area contributed by atoms with Crippen molar-refractivity contribution < 1.29 is 22.7 Å². The first-order chi connectivity index (χ1) is 15.4. The summed E-state index contributed by atoms with van der Waals surface area (Å²) in [6.07, 6.45) is 2.51. The molecule has 0 amide bonds. The number of hydrogen-bond acceptors (Lipinski definition) is 6. The van der Waals surface area contributed by atoms with Crippen LogP contribution in [0.1, 0.15) is 42.3 Å². The molecule has 176 valence electrons. The molecule has 0 bridgehead atoms. The number of benzene rings is 2. The standard InChI is InChI=1S/C24H28N2O6S/c1-15-18(22(27)19-13-25-26(23(19)28)24(2,3)4)11-12-20(33(6,29)30)21(15)16-7-9-17(10-8-16)32-14-31-5/h7-13,25H,14H2,1-6H3. The number of carbonyl (C=O) groups excluding carboxylic acids is 1. The zero-order valence-electron chi connectivity index (χ0n) is 19.6. The van der Waals surface area contributed by atoms with Crippen LogP contribution in [0.25, 0.3) is 11.1 Å². The number of hydrogen-bond donors (Lipinski definition) is 1. The molecule has 1 N–H and O–H groups in total. The van der Waals surface area contributed by atoms with Gasteiger partial charge in [-0.3, -0.25) is 9.59 Å². The van der Waals surface area contributed by atoms with Crippen LogP contribution in [-0.2, 0) is 20.1 Å². The van der Waals surface area contributed by atoms with Crippen LogP contribution in [0.5, 0.6) is 5.75 Å². The van der Waals surface area contributed by atoms with E-state index in [4.69, 9.17) is 9.47 Å². The molecule has 33 heavy (non-hydrogen) atoms. The van der Waals surface area contributed by atoms with E-state index in [1.54, 1.807) is 31.2 Å². The summed E-state index contributed by atoms with van der Waals surface area (Å²) in [6, 6.07) is 9.71. The van der Waals surface area contributed by atoms with E-state index in [2.05, 4.69) is 5.10 Å². The lowest BCUT2D eigenvalue weighted by atomic mass is 9.93. The fraction of sp³-hybridized carbons (Fsp3) is 0.333. The molecule has 2 aromatic carbocycles. The fourth-order valence-corrected chi connectivity index (χ4v) is 4.58. The molecular formula is C24H28N2O6S. The minimum atomic E-state index is -3.59. The zero-order valence-corrected chi connectivity index (χ0v) is 20.4. The molecule has 0 aliphatic carbocycles. The van der Waals surface area contributed by atoms with Crippen LogP contribution < -0.4 is 10.3 Å². The number of aromatic amines is 1. The average Bonchev–Trinajstić information content (AvgIpc) is 3.13. The number of ketones is 1. The van der Waals surface area contributed by atoms with Gasteiger partial charge < -0.3 is 14.6 Å². The lowest BCUT2D eigenvalue weighted by Gasteiger charge is -2.18. The first kappa shape index (κ1) is 24.5. The number of H-pyrrole nitrogens is 1. The van der Waals surface area contributed by atoms with Gasteiger partial charge in [0, 0.05) is 30.7 Å².